The van der Waals surface area contributed by atoms with Crippen molar-refractivity contribution >= 4 is 0 Å². The molecule has 0 spiro atoms. The molecule has 0 saturated heterocycles. The highest BCUT2D eigenvalue weighted by Crippen LogP contribution is 2.32. The Bertz CT molecular complexity index is 405. The van der Waals surface area contributed by atoms with Crippen molar-refractivity contribution < 1.29 is 12.2 Å². The smallest absolute Gasteiger partial charge is 0.231 e. The molecule has 82 valence electrons. The number of hydrogen-bond donors (Lipinski definition) is 1. The third-order valence-corrected chi connectivity index (χ3v) is 2.69. The van der Waals surface area contributed by atoms with Crippen LogP contribution >= 0.6 is 0 Å². The van der Waals surface area contributed by atoms with Gasteiger partial charge >= 0.3 is 0 Å². The Balaban J connectivity index is 2.13. The zero-order valence-electron chi connectivity index (χ0n) is 11.0. The van der Waals surface area contributed by atoms with Crippen LogP contribution < -0.4 is 14.8 Å². The van der Waals surface area contributed by atoms with Crippen LogP contribution in [0.15, 0.2) is 18.2 Å². The molecule has 1 aliphatic heterocycles. The molecule has 0 radical (unpaired) electrons. The molecule has 1 aromatic carbocycles. The van der Waals surface area contributed by atoms with Gasteiger partial charge in [0.25, 0.3) is 0 Å². The molecule has 3 nitrogen and oxygen atoms in total. The molecule has 3 heteroatoms. The van der Waals surface area contributed by atoms with Crippen molar-refractivity contribution in [1.29, 1.82) is 0 Å². The van der Waals surface area contributed by atoms with Gasteiger partial charge in [0, 0.05) is 6.04 Å². The summed E-state index contributed by atoms with van der Waals surface area (Å²) in [4.78, 5) is 0. The maximum absolute atomic E-state index is 7.37. The molecule has 1 atom stereocenters. The van der Waals surface area contributed by atoms with Crippen molar-refractivity contribution in [2.75, 3.05) is 13.8 Å². The number of likely N-dealkylation sites (N-methyl/N-ethyl adjacent to an activating group) is 1. The molecule has 1 N–H and O–H groups in total. The van der Waals surface area contributed by atoms with Crippen LogP contribution in [-0.4, -0.2) is 19.8 Å². The zero-order valence-corrected chi connectivity index (χ0v) is 9.04. The SMILES string of the molecule is [2H]C1([2H])Oc2ccc(C[C@H](CC)NC)cc2O1. The fourth-order valence-corrected chi connectivity index (χ4v) is 1.69. The van der Waals surface area contributed by atoms with Crippen molar-refractivity contribution in [3.63, 3.8) is 0 Å². The Kier molecular flexibility index (Phi) is 2.42. The third kappa shape index (κ3) is 2.23. The second kappa shape index (κ2) is 4.53. The van der Waals surface area contributed by atoms with Gasteiger partial charge in [-0.3, -0.25) is 0 Å². The summed E-state index contributed by atoms with van der Waals surface area (Å²) in [7, 11) is 1.94. The van der Waals surface area contributed by atoms with Gasteiger partial charge in [0.05, 0.1) is 0 Å². The van der Waals surface area contributed by atoms with E-state index in [1.165, 1.54) is 0 Å². The maximum atomic E-state index is 7.37. The first-order valence-corrected chi connectivity index (χ1v) is 5.22. The van der Waals surface area contributed by atoms with Crippen LogP contribution in [0.5, 0.6) is 11.5 Å². The highest BCUT2D eigenvalue weighted by molar-refractivity contribution is 5.44. The van der Waals surface area contributed by atoms with E-state index in [1.807, 2.05) is 19.2 Å². The first kappa shape index (κ1) is 7.99. The molecule has 1 heterocycles. The minimum Gasteiger partial charge on any atom is -0.454 e. The Morgan fingerprint density at radius 2 is 2.27 bits per heavy atom. The van der Waals surface area contributed by atoms with Crippen molar-refractivity contribution in [3.05, 3.63) is 23.8 Å². The predicted octanol–water partition coefficient (Wildman–Crippen LogP) is 1.96. The molecule has 0 aliphatic carbocycles. The standard InChI is InChI=1S/C12H17NO2/c1-3-10(13-2)6-9-4-5-11-12(7-9)15-8-14-11/h4-5,7,10,13H,3,6,8H2,1-2H3/t10-/m0/s1/i8D2. The van der Waals surface area contributed by atoms with Gasteiger partial charge in [-0.25, -0.2) is 0 Å². The second-order valence-electron chi connectivity index (χ2n) is 3.67. The fourth-order valence-electron chi connectivity index (χ4n) is 1.69. The minimum atomic E-state index is -2.03. The van der Waals surface area contributed by atoms with Gasteiger partial charge in [0.2, 0.25) is 6.75 Å². The predicted molar refractivity (Wildman–Crippen MR) is 59.4 cm³/mol. The van der Waals surface area contributed by atoms with E-state index < -0.39 is 6.75 Å². The third-order valence-electron chi connectivity index (χ3n) is 2.69. The van der Waals surface area contributed by atoms with Gasteiger partial charge in [-0.15, -0.1) is 0 Å². The molecule has 0 unspecified atom stereocenters. The first-order valence-electron chi connectivity index (χ1n) is 6.22. The van der Waals surface area contributed by atoms with Crippen molar-refractivity contribution in [2.24, 2.45) is 0 Å². The van der Waals surface area contributed by atoms with E-state index in [0.29, 0.717) is 17.5 Å². The van der Waals surface area contributed by atoms with Crippen LogP contribution in [0.4, 0.5) is 0 Å². The van der Waals surface area contributed by atoms with Gasteiger partial charge in [-0.1, -0.05) is 13.0 Å². The molecule has 1 aromatic rings. The average Bonchev–Trinajstić information content (AvgIpc) is 2.58. The molecule has 2 rings (SSSR count). The summed E-state index contributed by atoms with van der Waals surface area (Å²) in [5, 5.41) is 3.24. The molecular weight excluding hydrogens is 190 g/mol. The normalized spacial score (nSPS) is 20.7. The molecule has 0 fully saturated rings. The summed E-state index contributed by atoms with van der Waals surface area (Å²) in [6, 6.07) is 5.98. The molecule has 0 saturated carbocycles. The summed E-state index contributed by atoms with van der Waals surface area (Å²) < 4.78 is 24.8. The van der Waals surface area contributed by atoms with Crippen LogP contribution in [0.2, 0.25) is 0 Å². The summed E-state index contributed by atoms with van der Waals surface area (Å²) in [6.07, 6.45) is 1.94. The monoisotopic (exact) mass is 209 g/mol. The van der Waals surface area contributed by atoms with Gasteiger partial charge in [0.1, 0.15) is 2.74 Å². The van der Waals surface area contributed by atoms with Gasteiger partial charge < -0.3 is 14.8 Å². The van der Waals surface area contributed by atoms with E-state index in [1.54, 1.807) is 6.07 Å². The Labute approximate surface area is 93.2 Å². The van der Waals surface area contributed by atoms with E-state index >= 15 is 0 Å². The number of hydrogen-bond acceptors (Lipinski definition) is 3. The number of fused-ring (bicyclic) bond motifs is 1. The lowest BCUT2D eigenvalue weighted by molar-refractivity contribution is 0.174. The highest BCUT2D eigenvalue weighted by atomic mass is 16.7. The average molecular weight is 209 g/mol. The Hall–Kier alpha value is -1.22. The van der Waals surface area contributed by atoms with E-state index in [-0.39, 0.29) is 0 Å². The van der Waals surface area contributed by atoms with E-state index in [9.17, 15) is 0 Å². The van der Waals surface area contributed by atoms with Crippen LogP contribution in [0.25, 0.3) is 0 Å². The van der Waals surface area contributed by atoms with E-state index in [4.69, 9.17) is 12.2 Å². The lowest BCUT2D eigenvalue weighted by Crippen LogP contribution is -2.26. The largest absolute Gasteiger partial charge is 0.454 e. The van der Waals surface area contributed by atoms with Gasteiger partial charge in [-0.2, -0.15) is 0 Å². The minimum absolute atomic E-state index is 0.423. The Morgan fingerprint density at radius 1 is 1.47 bits per heavy atom. The lowest BCUT2D eigenvalue weighted by atomic mass is 10.0. The molecular formula is C12H17NO2. The van der Waals surface area contributed by atoms with E-state index in [2.05, 4.69) is 12.2 Å². The number of nitrogens with one attached hydrogen (secondary N) is 1. The second-order valence-corrected chi connectivity index (χ2v) is 3.67. The van der Waals surface area contributed by atoms with Crippen molar-refractivity contribution in [1.82, 2.24) is 5.32 Å². The van der Waals surface area contributed by atoms with Gasteiger partial charge in [0.15, 0.2) is 11.5 Å². The summed E-state index contributed by atoms with van der Waals surface area (Å²) in [5.74, 6) is 0.953. The van der Waals surface area contributed by atoms with Crippen LogP contribution in [0.1, 0.15) is 21.6 Å². The quantitative estimate of drug-likeness (QED) is 0.822. The number of rotatable bonds is 4. The van der Waals surface area contributed by atoms with Gasteiger partial charge in [-0.05, 0) is 37.6 Å². The topological polar surface area (TPSA) is 30.5 Å². The maximum Gasteiger partial charge on any atom is 0.231 e. The summed E-state index contributed by atoms with van der Waals surface area (Å²) >= 11 is 0. The van der Waals surface area contributed by atoms with Crippen molar-refractivity contribution in [3.8, 4) is 11.5 Å². The number of benzene rings is 1. The fraction of sp³-hybridized carbons (Fsp3) is 0.500. The number of ether oxygens (including phenoxy) is 2. The van der Waals surface area contributed by atoms with Crippen LogP contribution in [0, 0.1) is 0 Å². The summed E-state index contributed by atoms with van der Waals surface area (Å²) in [6.45, 7) is 0.0981. The lowest BCUT2D eigenvalue weighted by Gasteiger charge is -2.13. The highest BCUT2D eigenvalue weighted by Gasteiger charge is 2.14. The molecule has 0 aromatic heterocycles. The summed E-state index contributed by atoms with van der Waals surface area (Å²) in [5.41, 5.74) is 1.12. The molecule has 0 bridgehead atoms. The molecule has 0 amide bonds. The van der Waals surface area contributed by atoms with Crippen LogP contribution in [-0.2, 0) is 6.42 Å². The molecule has 15 heavy (non-hydrogen) atoms. The van der Waals surface area contributed by atoms with E-state index in [0.717, 1.165) is 18.4 Å². The molecule has 1 aliphatic rings. The van der Waals surface area contributed by atoms with Crippen LogP contribution in [0.3, 0.4) is 0 Å². The first-order chi connectivity index (χ1) is 8.04. The zero-order chi connectivity index (χ0) is 12.5. The Morgan fingerprint density at radius 3 is 3.00 bits per heavy atom. The van der Waals surface area contributed by atoms with Crippen molar-refractivity contribution in [2.45, 2.75) is 25.8 Å².